The molecular formula is C14H20N4O2. The van der Waals surface area contributed by atoms with E-state index in [1.165, 1.54) is 0 Å². The van der Waals surface area contributed by atoms with Crippen LogP contribution in [0.4, 0.5) is 5.82 Å². The summed E-state index contributed by atoms with van der Waals surface area (Å²) in [5, 5.41) is 3.05. The molecule has 1 aliphatic heterocycles. The predicted molar refractivity (Wildman–Crippen MR) is 74.8 cm³/mol. The molecule has 1 aliphatic carbocycles. The number of hydrogen-bond donors (Lipinski definition) is 2. The summed E-state index contributed by atoms with van der Waals surface area (Å²) in [4.78, 5) is 18.5. The largest absolute Gasteiger partial charge is 0.383 e. The van der Waals surface area contributed by atoms with E-state index in [-0.39, 0.29) is 11.9 Å². The van der Waals surface area contributed by atoms with E-state index in [0.29, 0.717) is 31.6 Å². The van der Waals surface area contributed by atoms with Crippen LogP contribution < -0.4 is 11.1 Å². The van der Waals surface area contributed by atoms with E-state index in [1.54, 1.807) is 6.20 Å². The van der Waals surface area contributed by atoms with Crippen LogP contribution in [0.25, 0.3) is 0 Å². The zero-order chi connectivity index (χ0) is 13.9. The molecule has 3 N–H and O–H groups in total. The van der Waals surface area contributed by atoms with E-state index in [0.717, 1.165) is 24.9 Å². The van der Waals surface area contributed by atoms with Gasteiger partial charge in [-0.15, -0.1) is 0 Å². The summed E-state index contributed by atoms with van der Waals surface area (Å²) in [6.45, 7) is 2.45. The number of amides is 1. The lowest BCUT2D eigenvalue weighted by atomic mass is 10.1. The quantitative estimate of drug-likeness (QED) is 0.818. The zero-order valence-corrected chi connectivity index (χ0v) is 11.4. The summed E-state index contributed by atoms with van der Waals surface area (Å²) in [7, 11) is 0. The standard InChI is InChI=1S/C14H20N4O2/c15-13-10(2-1-5-16-13)8-18-6-7-20-9-12(18)14(19)17-11-3-4-11/h1-2,5,11-12H,3-4,6-9H2,(H2,15,16)(H,17,19). The van der Waals surface area contributed by atoms with Gasteiger partial charge in [0.05, 0.1) is 13.2 Å². The van der Waals surface area contributed by atoms with Crippen molar-refractivity contribution in [3.8, 4) is 0 Å². The van der Waals surface area contributed by atoms with Gasteiger partial charge in [-0.1, -0.05) is 6.07 Å². The molecule has 2 aliphatic rings. The van der Waals surface area contributed by atoms with Crippen LogP contribution >= 0.6 is 0 Å². The average molecular weight is 276 g/mol. The average Bonchev–Trinajstić information content (AvgIpc) is 3.26. The topological polar surface area (TPSA) is 80.5 Å². The van der Waals surface area contributed by atoms with Crippen LogP contribution in [-0.2, 0) is 16.1 Å². The Morgan fingerprint density at radius 1 is 1.55 bits per heavy atom. The fourth-order valence-electron chi connectivity index (χ4n) is 2.40. The van der Waals surface area contributed by atoms with Crippen LogP contribution in [0.2, 0.25) is 0 Å². The maximum Gasteiger partial charge on any atom is 0.239 e. The van der Waals surface area contributed by atoms with Crippen molar-refractivity contribution in [3.63, 3.8) is 0 Å². The number of carbonyl (C=O) groups excluding carboxylic acids is 1. The molecule has 1 atom stereocenters. The number of morpholine rings is 1. The lowest BCUT2D eigenvalue weighted by Gasteiger charge is -2.34. The fraction of sp³-hybridized carbons (Fsp3) is 0.571. The van der Waals surface area contributed by atoms with Crippen molar-refractivity contribution in [1.29, 1.82) is 0 Å². The Balaban J connectivity index is 1.68. The van der Waals surface area contributed by atoms with Crippen molar-refractivity contribution in [1.82, 2.24) is 15.2 Å². The Hall–Kier alpha value is -1.66. The lowest BCUT2D eigenvalue weighted by molar-refractivity contribution is -0.133. The van der Waals surface area contributed by atoms with Crippen LogP contribution in [0.3, 0.4) is 0 Å². The summed E-state index contributed by atoms with van der Waals surface area (Å²) in [6, 6.07) is 3.96. The third kappa shape index (κ3) is 3.08. The molecule has 6 nitrogen and oxygen atoms in total. The molecular weight excluding hydrogens is 256 g/mol. The highest BCUT2D eigenvalue weighted by Gasteiger charge is 2.33. The first-order valence-corrected chi connectivity index (χ1v) is 7.05. The number of rotatable bonds is 4. The molecule has 0 radical (unpaired) electrons. The lowest BCUT2D eigenvalue weighted by Crippen LogP contribution is -2.53. The van der Waals surface area contributed by atoms with Gasteiger partial charge in [0.2, 0.25) is 5.91 Å². The van der Waals surface area contributed by atoms with Crippen molar-refractivity contribution >= 4 is 11.7 Å². The molecule has 2 fully saturated rings. The van der Waals surface area contributed by atoms with Crippen molar-refractivity contribution in [2.45, 2.75) is 31.5 Å². The number of nitrogens with zero attached hydrogens (tertiary/aromatic N) is 2. The molecule has 108 valence electrons. The maximum absolute atomic E-state index is 12.3. The van der Waals surface area contributed by atoms with Gasteiger partial charge in [-0.05, 0) is 18.9 Å². The number of anilines is 1. The highest BCUT2D eigenvalue weighted by molar-refractivity contribution is 5.82. The van der Waals surface area contributed by atoms with Gasteiger partial charge >= 0.3 is 0 Å². The molecule has 0 bridgehead atoms. The van der Waals surface area contributed by atoms with Crippen LogP contribution in [0.15, 0.2) is 18.3 Å². The number of nitrogens with two attached hydrogens (primary N) is 1. The van der Waals surface area contributed by atoms with Gasteiger partial charge in [0.1, 0.15) is 11.9 Å². The van der Waals surface area contributed by atoms with Gasteiger partial charge in [-0.25, -0.2) is 4.98 Å². The van der Waals surface area contributed by atoms with Crippen molar-refractivity contribution in [2.75, 3.05) is 25.5 Å². The zero-order valence-electron chi connectivity index (χ0n) is 11.4. The molecule has 1 amide bonds. The molecule has 2 heterocycles. The number of ether oxygens (including phenoxy) is 1. The third-order valence-electron chi connectivity index (χ3n) is 3.77. The maximum atomic E-state index is 12.3. The van der Waals surface area contributed by atoms with E-state index in [4.69, 9.17) is 10.5 Å². The Morgan fingerprint density at radius 3 is 3.15 bits per heavy atom. The molecule has 0 spiro atoms. The minimum Gasteiger partial charge on any atom is -0.383 e. The first-order valence-electron chi connectivity index (χ1n) is 7.05. The van der Waals surface area contributed by atoms with Crippen LogP contribution in [0.1, 0.15) is 18.4 Å². The SMILES string of the molecule is Nc1ncccc1CN1CCOCC1C(=O)NC1CC1. The summed E-state index contributed by atoms with van der Waals surface area (Å²) in [6.07, 6.45) is 3.86. The van der Waals surface area contributed by atoms with E-state index in [9.17, 15) is 4.79 Å². The Kier molecular flexibility index (Phi) is 3.84. The van der Waals surface area contributed by atoms with Gasteiger partial charge in [-0.3, -0.25) is 9.69 Å². The highest BCUT2D eigenvalue weighted by Crippen LogP contribution is 2.20. The van der Waals surface area contributed by atoms with E-state index in [1.807, 2.05) is 12.1 Å². The Labute approximate surface area is 118 Å². The van der Waals surface area contributed by atoms with E-state index in [2.05, 4.69) is 15.2 Å². The van der Waals surface area contributed by atoms with Crippen LogP contribution in [0.5, 0.6) is 0 Å². The molecule has 6 heteroatoms. The fourth-order valence-corrected chi connectivity index (χ4v) is 2.40. The number of pyridine rings is 1. The first-order chi connectivity index (χ1) is 9.74. The third-order valence-corrected chi connectivity index (χ3v) is 3.77. The molecule has 20 heavy (non-hydrogen) atoms. The summed E-state index contributed by atoms with van der Waals surface area (Å²) < 4.78 is 5.45. The summed E-state index contributed by atoms with van der Waals surface area (Å²) in [5.74, 6) is 0.593. The second-order valence-electron chi connectivity index (χ2n) is 5.39. The van der Waals surface area contributed by atoms with Crippen molar-refractivity contribution < 1.29 is 9.53 Å². The molecule has 1 aromatic rings. The van der Waals surface area contributed by atoms with Gasteiger partial charge < -0.3 is 15.8 Å². The predicted octanol–water partition coefficient (Wildman–Crippen LogP) is 0.143. The summed E-state index contributed by atoms with van der Waals surface area (Å²) >= 11 is 0. The van der Waals surface area contributed by atoms with Gasteiger partial charge in [0, 0.05) is 30.9 Å². The molecule has 1 aromatic heterocycles. The molecule has 0 aromatic carbocycles. The minimum atomic E-state index is -0.232. The van der Waals surface area contributed by atoms with E-state index >= 15 is 0 Å². The Morgan fingerprint density at radius 2 is 2.40 bits per heavy atom. The van der Waals surface area contributed by atoms with Gasteiger partial charge in [0.25, 0.3) is 0 Å². The first kappa shape index (κ1) is 13.3. The Bertz CT molecular complexity index is 490. The minimum absolute atomic E-state index is 0.0645. The summed E-state index contributed by atoms with van der Waals surface area (Å²) in [5.41, 5.74) is 6.84. The second-order valence-corrected chi connectivity index (χ2v) is 5.39. The molecule has 1 saturated carbocycles. The van der Waals surface area contributed by atoms with Crippen molar-refractivity contribution in [2.24, 2.45) is 0 Å². The van der Waals surface area contributed by atoms with E-state index < -0.39 is 0 Å². The van der Waals surface area contributed by atoms with Crippen LogP contribution in [-0.4, -0.2) is 47.6 Å². The smallest absolute Gasteiger partial charge is 0.239 e. The van der Waals surface area contributed by atoms with Gasteiger partial charge in [-0.2, -0.15) is 0 Å². The molecule has 1 unspecified atom stereocenters. The molecule has 1 saturated heterocycles. The monoisotopic (exact) mass is 276 g/mol. The normalized spacial score (nSPS) is 23.5. The van der Waals surface area contributed by atoms with Crippen molar-refractivity contribution in [3.05, 3.63) is 23.9 Å². The highest BCUT2D eigenvalue weighted by atomic mass is 16.5. The number of aromatic nitrogens is 1. The van der Waals surface area contributed by atoms with Crippen LogP contribution in [0, 0.1) is 0 Å². The number of carbonyl (C=O) groups is 1. The molecule has 3 rings (SSSR count). The number of nitrogen functional groups attached to an aromatic ring is 1. The number of hydrogen-bond acceptors (Lipinski definition) is 5. The number of nitrogens with one attached hydrogen (secondary N) is 1. The second kappa shape index (κ2) is 5.76. The van der Waals surface area contributed by atoms with Gasteiger partial charge in [0.15, 0.2) is 0 Å².